The van der Waals surface area contributed by atoms with Crippen LogP contribution >= 0.6 is 0 Å². The molecule has 1 N–H and O–H groups in total. The lowest BCUT2D eigenvalue weighted by molar-refractivity contribution is -0.133. The number of hydrogen-bond donors (Lipinski definition) is 1. The van der Waals surface area contributed by atoms with E-state index in [9.17, 15) is 4.79 Å². The molecule has 24 heavy (non-hydrogen) atoms. The van der Waals surface area contributed by atoms with Gasteiger partial charge in [-0.1, -0.05) is 12.1 Å². The highest BCUT2D eigenvalue weighted by atomic mass is 16.5. The summed E-state index contributed by atoms with van der Waals surface area (Å²) in [4.78, 5) is 27.3. The maximum absolute atomic E-state index is 12.6. The molecular formula is C16H22N6O2. The van der Waals surface area contributed by atoms with E-state index in [1.165, 1.54) is 0 Å². The van der Waals surface area contributed by atoms with Gasteiger partial charge in [-0.05, 0) is 38.9 Å². The van der Waals surface area contributed by atoms with Crippen molar-refractivity contribution in [2.24, 2.45) is 5.41 Å². The minimum atomic E-state index is -0.375. The molecule has 1 aliphatic rings. The van der Waals surface area contributed by atoms with Crippen molar-refractivity contribution in [3.8, 4) is 11.6 Å². The number of likely N-dealkylation sites (tertiary alicyclic amines) is 1. The van der Waals surface area contributed by atoms with Gasteiger partial charge in [0.15, 0.2) is 0 Å². The summed E-state index contributed by atoms with van der Waals surface area (Å²) in [7, 11) is 0. The van der Waals surface area contributed by atoms with Gasteiger partial charge in [-0.15, -0.1) is 0 Å². The fourth-order valence-electron chi connectivity index (χ4n) is 3.00. The summed E-state index contributed by atoms with van der Waals surface area (Å²) in [6.45, 7) is 7.15. The van der Waals surface area contributed by atoms with Gasteiger partial charge in [0.05, 0.1) is 12.0 Å². The van der Waals surface area contributed by atoms with Crippen LogP contribution in [0.5, 0.6) is 0 Å². The Morgan fingerprint density at radius 1 is 1.38 bits per heavy atom. The number of nitrogens with zero attached hydrogens (tertiary/aromatic N) is 5. The second-order valence-corrected chi connectivity index (χ2v) is 6.30. The van der Waals surface area contributed by atoms with Gasteiger partial charge in [0, 0.05) is 18.9 Å². The van der Waals surface area contributed by atoms with E-state index in [4.69, 9.17) is 4.52 Å². The largest absolute Gasteiger partial charge is 0.347 e. The maximum atomic E-state index is 12.6. The third-order valence-electron chi connectivity index (χ3n) is 4.40. The number of amides is 1. The Labute approximate surface area is 140 Å². The molecule has 0 bridgehead atoms. The first-order chi connectivity index (χ1) is 11.6. The molecule has 2 aromatic rings. The molecule has 1 aliphatic heterocycles. The van der Waals surface area contributed by atoms with Gasteiger partial charge in [-0.2, -0.15) is 4.98 Å². The molecule has 3 heterocycles. The predicted octanol–water partition coefficient (Wildman–Crippen LogP) is 1.26. The van der Waals surface area contributed by atoms with Crippen molar-refractivity contribution in [3.05, 3.63) is 24.4 Å². The van der Waals surface area contributed by atoms with Crippen LogP contribution in [0.25, 0.3) is 11.6 Å². The molecule has 0 radical (unpaired) electrons. The van der Waals surface area contributed by atoms with Gasteiger partial charge >= 0.3 is 0 Å². The second kappa shape index (κ2) is 7.04. The van der Waals surface area contributed by atoms with E-state index in [1.54, 1.807) is 18.5 Å². The minimum Gasteiger partial charge on any atom is -0.347 e. The van der Waals surface area contributed by atoms with Gasteiger partial charge in [0.25, 0.3) is 0 Å². The molecule has 0 aromatic carbocycles. The van der Waals surface area contributed by atoms with E-state index in [-0.39, 0.29) is 17.9 Å². The van der Waals surface area contributed by atoms with E-state index in [0.717, 1.165) is 32.5 Å². The zero-order valence-electron chi connectivity index (χ0n) is 14.0. The van der Waals surface area contributed by atoms with E-state index < -0.39 is 0 Å². The molecule has 0 spiro atoms. The van der Waals surface area contributed by atoms with Crippen molar-refractivity contribution in [2.75, 3.05) is 19.6 Å². The summed E-state index contributed by atoms with van der Waals surface area (Å²) in [5.74, 6) is 1.09. The highest BCUT2D eigenvalue weighted by molar-refractivity contribution is 5.82. The topological polar surface area (TPSA) is 97.0 Å². The molecule has 1 saturated heterocycles. The Bertz CT molecular complexity index is 689. The van der Waals surface area contributed by atoms with Crippen LogP contribution in [0.15, 0.2) is 23.0 Å². The number of carbonyl (C=O) groups is 1. The number of rotatable bonds is 5. The van der Waals surface area contributed by atoms with Gasteiger partial charge in [-0.3, -0.25) is 4.79 Å². The monoisotopic (exact) mass is 330 g/mol. The number of aromatic nitrogens is 4. The normalized spacial score (nSPS) is 21.6. The third kappa shape index (κ3) is 3.59. The molecule has 0 saturated carbocycles. The Balaban J connectivity index is 1.59. The SMILES string of the molecule is CCN1CCC[C@](C)(C(=O)NCc2nc(-c3ncccn3)no2)C1. The summed E-state index contributed by atoms with van der Waals surface area (Å²) in [6.07, 6.45) is 5.16. The zero-order valence-corrected chi connectivity index (χ0v) is 14.0. The standard InChI is InChI=1S/C16H22N6O2/c1-3-22-9-4-6-16(2,11-22)15(23)19-10-12-20-14(21-24-12)13-17-7-5-8-18-13/h5,7-8H,3-4,6,9-11H2,1-2H3,(H,19,23)/t16-/m0/s1. The van der Waals surface area contributed by atoms with Crippen molar-refractivity contribution >= 4 is 5.91 Å². The molecule has 0 aliphatic carbocycles. The van der Waals surface area contributed by atoms with Crippen molar-refractivity contribution < 1.29 is 9.32 Å². The van der Waals surface area contributed by atoms with Crippen molar-refractivity contribution in [1.29, 1.82) is 0 Å². The van der Waals surface area contributed by atoms with Crippen LogP contribution in [0.4, 0.5) is 0 Å². The van der Waals surface area contributed by atoms with Gasteiger partial charge < -0.3 is 14.7 Å². The zero-order chi connectivity index (χ0) is 17.0. The number of nitrogens with one attached hydrogen (secondary N) is 1. The lowest BCUT2D eigenvalue weighted by Gasteiger charge is -2.38. The van der Waals surface area contributed by atoms with Crippen LogP contribution in [0.2, 0.25) is 0 Å². The Morgan fingerprint density at radius 2 is 2.17 bits per heavy atom. The lowest BCUT2D eigenvalue weighted by Crippen LogP contribution is -2.50. The van der Waals surface area contributed by atoms with Crippen LogP contribution in [0.3, 0.4) is 0 Å². The molecule has 1 atom stereocenters. The third-order valence-corrected chi connectivity index (χ3v) is 4.40. The summed E-state index contributed by atoms with van der Waals surface area (Å²) >= 11 is 0. The Morgan fingerprint density at radius 3 is 2.92 bits per heavy atom. The predicted molar refractivity (Wildman–Crippen MR) is 86.6 cm³/mol. The summed E-state index contributed by atoms with van der Waals surface area (Å²) in [5.41, 5.74) is -0.375. The Hall–Kier alpha value is -2.35. The van der Waals surface area contributed by atoms with E-state index in [0.29, 0.717) is 17.5 Å². The molecule has 1 amide bonds. The Kier molecular flexibility index (Phi) is 4.84. The van der Waals surface area contributed by atoms with Crippen molar-refractivity contribution in [1.82, 2.24) is 30.3 Å². The van der Waals surface area contributed by atoms with Gasteiger partial charge in [-0.25, -0.2) is 9.97 Å². The minimum absolute atomic E-state index is 0.0244. The molecule has 8 nitrogen and oxygen atoms in total. The second-order valence-electron chi connectivity index (χ2n) is 6.30. The fourth-order valence-corrected chi connectivity index (χ4v) is 3.00. The van der Waals surface area contributed by atoms with E-state index in [1.807, 2.05) is 6.92 Å². The van der Waals surface area contributed by atoms with Crippen LogP contribution in [-0.2, 0) is 11.3 Å². The van der Waals surface area contributed by atoms with Crippen molar-refractivity contribution in [2.45, 2.75) is 33.2 Å². The average Bonchev–Trinajstić information content (AvgIpc) is 3.09. The van der Waals surface area contributed by atoms with E-state index in [2.05, 4.69) is 37.2 Å². The first kappa shape index (κ1) is 16.5. The van der Waals surface area contributed by atoms with Gasteiger partial charge in [0.1, 0.15) is 0 Å². The lowest BCUT2D eigenvalue weighted by atomic mass is 9.81. The average molecular weight is 330 g/mol. The fraction of sp³-hybridized carbons (Fsp3) is 0.562. The van der Waals surface area contributed by atoms with Crippen LogP contribution in [-0.4, -0.2) is 50.5 Å². The van der Waals surface area contributed by atoms with Gasteiger partial charge in [0.2, 0.25) is 23.4 Å². The first-order valence-corrected chi connectivity index (χ1v) is 8.21. The molecule has 0 unspecified atom stereocenters. The smallest absolute Gasteiger partial charge is 0.246 e. The molecule has 3 rings (SSSR count). The number of hydrogen-bond acceptors (Lipinski definition) is 7. The van der Waals surface area contributed by atoms with Crippen molar-refractivity contribution in [3.63, 3.8) is 0 Å². The van der Waals surface area contributed by atoms with Crippen LogP contribution in [0.1, 0.15) is 32.6 Å². The highest BCUT2D eigenvalue weighted by Crippen LogP contribution is 2.29. The number of carbonyl (C=O) groups excluding carboxylic acids is 1. The molecular weight excluding hydrogens is 308 g/mol. The van der Waals surface area contributed by atoms with Crippen LogP contribution < -0.4 is 5.32 Å². The molecule has 1 fully saturated rings. The van der Waals surface area contributed by atoms with Crippen LogP contribution in [0, 0.1) is 5.41 Å². The number of piperidine rings is 1. The summed E-state index contributed by atoms with van der Waals surface area (Å²) in [5, 5.41) is 6.76. The molecule has 128 valence electrons. The summed E-state index contributed by atoms with van der Waals surface area (Å²) < 4.78 is 5.17. The molecule has 8 heteroatoms. The quantitative estimate of drug-likeness (QED) is 0.881. The van der Waals surface area contributed by atoms with E-state index >= 15 is 0 Å². The molecule has 2 aromatic heterocycles. The first-order valence-electron chi connectivity index (χ1n) is 8.21. The highest BCUT2D eigenvalue weighted by Gasteiger charge is 2.37. The maximum Gasteiger partial charge on any atom is 0.246 e. The summed E-state index contributed by atoms with van der Waals surface area (Å²) in [6, 6.07) is 1.72.